The van der Waals surface area contributed by atoms with Crippen LogP contribution in [0.5, 0.6) is 0 Å². The van der Waals surface area contributed by atoms with Crippen LogP contribution in [0.2, 0.25) is 0 Å². The van der Waals surface area contributed by atoms with Gasteiger partial charge in [-0.2, -0.15) is 0 Å². The van der Waals surface area contributed by atoms with Gasteiger partial charge in [0.15, 0.2) is 0 Å². The molecule has 0 spiro atoms. The van der Waals surface area contributed by atoms with E-state index in [2.05, 4.69) is 217 Å². The Balaban J connectivity index is 1.29. The maximum absolute atomic E-state index is 2.36. The molecular formula is C48H35N. The van der Waals surface area contributed by atoms with E-state index in [0.717, 1.165) is 17.1 Å². The molecule has 0 unspecified atom stereocenters. The molecule has 232 valence electrons. The second kappa shape index (κ2) is 13.7. The Labute approximate surface area is 289 Å². The second-order valence-electron chi connectivity index (χ2n) is 12.2. The van der Waals surface area contributed by atoms with Gasteiger partial charge in [0.05, 0.1) is 0 Å². The Morgan fingerprint density at radius 1 is 0.204 bits per heavy atom. The van der Waals surface area contributed by atoms with E-state index in [4.69, 9.17) is 0 Å². The molecule has 0 fully saturated rings. The fourth-order valence-corrected chi connectivity index (χ4v) is 6.66. The summed E-state index contributed by atoms with van der Waals surface area (Å²) >= 11 is 0. The van der Waals surface area contributed by atoms with Gasteiger partial charge in [0.25, 0.3) is 0 Å². The fourth-order valence-electron chi connectivity index (χ4n) is 6.66. The highest BCUT2D eigenvalue weighted by Crippen LogP contribution is 2.43. The molecule has 8 rings (SSSR count). The Morgan fingerprint density at radius 2 is 0.531 bits per heavy atom. The summed E-state index contributed by atoms with van der Waals surface area (Å²) in [4.78, 5) is 2.36. The fraction of sp³-hybridized carbons (Fsp3) is 0. The van der Waals surface area contributed by atoms with Crippen molar-refractivity contribution in [2.75, 3.05) is 4.90 Å². The first-order valence-corrected chi connectivity index (χ1v) is 16.8. The van der Waals surface area contributed by atoms with Crippen LogP contribution < -0.4 is 4.90 Å². The van der Waals surface area contributed by atoms with Crippen molar-refractivity contribution >= 4 is 17.1 Å². The molecule has 0 saturated carbocycles. The standard InChI is InChI=1S/C48H35N/c1-5-15-36(16-6-1)38-25-29-42(30-26-38)49(43-31-27-39(28-32-43)37-17-7-2-8-18-37)44-33-34-47(48(35-44)41-21-11-4-12-22-41)46-24-14-13-23-45(46)40-19-9-3-10-20-40/h1-35H. The minimum atomic E-state index is 1.10. The van der Waals surface area contributed by atoms with Crippen LogP contribution in [-0.4, -0.2) is 0 Å². The maximum atomic E-state index is 2.36. The van der Waals surface area contributed by atoms with Crippen LogP contribution in [0.25, 0.3) is 55.6 Å². The van der Waals surface area contributed by atoms with Gasteiger partial charge in [0, 0.05) is 17.1 Å². The van der Waals surface area contributed by atoms with Crippen molar-refractivity contribution in [1.29, 1.82) is 0 Å². The highest BCUT2D eigenvalue weighted by atomic mass is 15.1. The average Bonchev–Trinajstić information content (AvgIpc) is 3.20. The summed E-state index contributed by atoms with van der Waals surface area (Å²) in [5, 5.41) is 0. The molecule has 0 aromatic heterocycles. The van der Waals surface area contributed by atoms with E-state index in [9.17, 15) is 0 Å². The summed E-state index contributed by atoms with van der Waals surface area (Å²) in [6.07, 6.45) is 0. The maximum Gasteiger partial charge on any atom is 0.0468 e. The molecular weight excluding hydrogens is 591 g/mol. The van der Waals surface area contributed by atoms with Gasteiger partial charge in [0.2, 0.25) is 0 Å². The highest BCUT2D eigenvalue weighted by Gasteiger charge is 2.18. The third-order valence-electron chi connectivity index (χ3n) is 9.11. The first kappa shape index (κ1) is 29.9. The summed E-state index contributed by atoms with van der Waals surface area (Å²) < 4.78 is 0. The van der Waals surface area contributed by atoms with Crippen molar-refractivity contribution in [3.63, 3.8) is 0 Å². The van der Waals surface area contributed by atoms with Gasteiger partial charge in [0.1, 0.15) is 0 Å². The van der Waals surface area contributed by atoms with Gasteiger partial charge >= 0.3 is 0 Å². The van der Waals surface area contributed by atoms with E-state index >= 15 is 0 Å². The second-order valence-corrected chi connectivity index (χ2v) is 12.2. The van der Waals surface area contributed by atoms with Crippen molar-refractivity contribution in [1.82, 2.24) is 0 Å². The molecule has 0 radical (unpaired) electrons. The number of nitrogens with zero attached hydrogens (tertiary/aromatic N) is 1. The molecule has 0 amide bonds. The van der Waals surface area contributed by atoms with Gasteiger partial charge < -0.3 is 4.90 Å². The summed E-state index contributed by atoms with van der Waals surface area (Å²) in [6.45, 7) is 0. The Morgan fingerprint density at radius 3 is 1.00 bits per heavy atom. The Bertz CT molecular complexity index is 2190. The van der Waals surface area contributed by atoms with E-state index in [-0.39, 0.29) is 0 Å². The van der Waals surface area contributed by atoms with E-state index < -0.39 is 0 Å². The van der Waals surface area contributed by atoms with Crippen LogP contribution in [0.4, 0.5) is 17.1 Å². The van der Waals surface area contributed by atoms with Gasteiger partial charge in [-0.3, -0.25) is 0 Å². The normalized spacial score (nSPS) is 10.9. The van der Waals surface area contributed by atoms with Gasteiger partial charge in [-0.25, -0.2) is 0 Å². The van der Waals surface area contributed by atoms with Crippen LogP contribution in [0, 0.1) is 0 Å². The number of rotatable bonds is 8. The number of hydrogen-bond donors (Lipinski definition) is 0. The van der Waals surface area contributed by atoms with E-state index in [1.807, 2.05) is 0 Å². The molecule has 1 heteroatoms. The monoisotopic (exact) mass is 625 g/mol. The largest absolute Gasteiger partial charge is 0.310 e. The smallest absolute Gasteiger partial charge is 0.0468 e. The predicted octanol–water partition coefficient (Wildman–Crippen LogP) is 13.5. The number of benzene rings is 8. The SMILES string of the molecule is c1ccc(-c2ccc(N(c3ccc(-c4ccccc4)cc3)c3ccc(-c4ccccc4-c4ccccc4)c(-c4ccccc4)c3)cc2)cc1. The van der Waals surface area contributed by atoms with Crippen molar-refractivity contribution in [3.05, 3.63) is 212 Å². The molecule has 0 saturated heterocycles. The third kappa shape index (κ3) is 6.31. The molecule has 0 bridgehead atoms. The quantitative estimate of drug-likeness (QED) is 0.162. The van der Waals surface area contributed by atoms with Crippen LogP contribution in [0.3, 0.4) is 0 Å². The molecule has 49 heavy (non-hydrogen) atoms. The Kier molecular flexibility index (Phi) is 8.39. The summed E-state index contributed by atoms with van der Waals surface area (Å²) in [7, 11) is 0. The summed E-state index contributed by atoms with van der Waals surface area (Å²) in [5.74, 6) is 0. The Hall–Kier alpha value is -6.44. The summed E-state index contributed by atoms with van der Waals surface area (Å²) in [6, 6.07) is 76.0. The zero-order valence-corrected chi connectivity index (χ0v) is 27.2. The topological polar surface area (TPSA) is 3.24 Å². The number of hydrogen-bond acceptors (Lipinski definition) is 1. The molecule has 0 heterocycles. The van der Waals surface area contributed by atoms with E-state index in [1.165, 1.54) is 55.6 Å². The lowest BCUT2D eigenvalue weighted by Crippen LogP contribution is -2.10. The lowest BCUT2D eigenvalue weighted by Gasteiger charge is -2.27. The molecule has 0 N–H and O–H groups in total. The number of anilines is 3. The van der Waals surface area contributed by atoms with Crippen LogP contribution >= 0.6 is 0 Å². The molecule has 0 aliphatic heterocycles. The van der Waals surface area contributed by atoms with Crippen LogP contribution in [0.1, 0.15) is 0 Å². The zero-order valence-electron chi connectivity index (χ0n) is 27.2. The van der Waals surface area contributed by atoms with Crippen molar-refractivity contribution in [3.8, 4) is 55.6 Å². The van der Waals surface area contributed by atoms with E-state index in [0.29, 0.717) is 0 Å². The average molecular weight is 626 g/mol. The van der Waals surface area contributed by atoms with Gasteiger partial charge in [-0.1, -0.05) is 176 Å². The highest BCUT2D eigenvalue weighted by molar-refractivity contribution is 5.94. The van der Waals surface area contributed by atoms with Crippen molar-refractivity contribution in [2.24, 2.45) is 0 Å². The van der Waals surface area contributed by atoms with E-state index in [1.54, 1.807) is 0 Å². The van der Waals surface area contributed by atoms with Crippen molar-refractivity contribution < 1.29 is 0 Å². The lowest BCUT2D eigenvalue weighted by atomic mass is 9.89. The third-order valence-corrected chi connectivity index (χ3v) is 9.11. The zero-order chi connectivity index (χ0) is 32.8. The minimum Gasteiger partial charge on any atom is -0.310 e. The minimum absolute atomic E-state index is 1.10. The van der Waals surface area contributed by atoms with Crippen LogP contribution in [0.15, 0.2) is 212 Å². The van der Waals surface area contributed by atoms with Crippen molar-refractivity contribution in [2.45, 2.75) is 0 Å². The first-order chi connectivity index (χ1) is 24.3. The van der Waals surface area contributed by atoms with Gasteiger partial charge in [-0.15, -0.1) is 0 Å². The molecule has 1 nitrogen and oxygen atoms in total. The van der Waals surface area contributed by atoms with Crippen LogP contribution in [-0.2, 0) is 0 Å². The molecule has 0 aliphatic rings. The molecule has 8 aromatic rings. The summed E-state index contributed by atoms with van der Waals surface area (Å²) in [5.41, 5.74) is 15.3. The lowest BCUT2D eigenvalue weighted by molar-refractivity contribution is 1.28. The first-order valence-electron chi connectivity index (χ1n) is 16.8. The molecule has 8 aromatic carbocycles. The predicted molar refractivity (Wildman–Crippen MR) is 208 cm³/mol. The molecule has 0 atom stereocenters. The van der Waals surface area contributed by atoms with Gasteiger partial charge in [-0.05, 0) is 92.0 Å². The molecule has 0 aliphatic carbocycles.